The highest BCUT2D eigenvalue weighted by Crippen LogP contribution is 2.35. The Bertz CT molecular complexity index is 1400. The Labute approximate surface area is 205 Å². The van der Waals surface area contributed by atoms with Gasteiger partial charge < -0.3 is 5.32 Å². The maximum Gasteiger partial charge on any atom is 0.261 e. The summed E-state index contributed by atoms with van der Waals surface area (Å²) in [6.07, 6.45) is 6.17. The summed E-state index contributed by atoms with van der Waals surface area (Å²) in [5.74, 6) is 0.364. The first-order valence-electron chi connectivity index (χ1n) is 12.3. The fourth-order valence-electron chi connectivity index (χ4n) is 4.69. The minimum absolute atomic E-state index is 0.0556. The molecule has 8 nitrogen and oxygen atoms in total. The lowest BCUT2D eigenvalue weighted by Gasteiger charge is -2.20. The van der Waals surface area contributed by atoms with E-state index >= 15 is 0 Å². The molecule has 1 aliphatic heterocycles. The smallest absolute Gasteiger partial charge is 0.261 e. The van der Waals surface area contributed by atoms with Crippen LogP contribution in [0.4, 0.5) is 5.69 Å². The van der Waals surface area contributed by atoms with Gasteiger partial charge in [-0.25, -0.2) is 13.4 Å². The molecule has 0 atom stereocenters. The number of sulfonamides is 1. The van der Waals surface area contributed by atoms with E-state index in [9.17, 15) is 18.0 Å². The molecule has 0 unspecified atom stereocenters. The summed E-state index contributed by atoms with van der Waals surface area (Å²) in [4.78, 5) is 30.6. The second-order valence-corrected chi connectivity index (χ2v) is 11.3. The van der Waals surface area contributed by atoms with Gasteiger partial charge in [0.1, 0.15) is 5.82 Å². The zero-order chi connectivity index (χ0) is 24.4. The van der Waals surface area contributed by atoms with Crippen molar-refractivity contribution in [2.45, 2.75) is 62.3 Å². The van der Waals surface area contributed by atoms with Crippen molar-refractivity contribution in [1.29, 1.82) is 0 Å². The standard InChI is InChI=1S/C26H30N4O4S/c31-25(15-14-24-28-23-11-4-3-10-22(23)26(32)30(24)20-12-13-20)27-19-8-7-9-21(18-19)35(33,34)29-16-5-1-2-6-17-29/h3-4,7-11,18,20H,1-2,5-6,12-17H2,(H,27,31). The fourth-order valence-corrected chi connectivity index (χ4v) is 6.26. The maximum atomic E-state index is 13.1. The van der Waals surface area contributed by atoms with Crippen LogP contribution in [0.15, 0.2) is 58.2 Å². The molecule has 9 heteroatoms. The number of carbonyl (C=O) groups is 1. The van der Waals surface area contributed by atoms with E-state index in [-0.39, 0.29) is 28.8 Å². The van der Waals surface area contributed by atoms with Crippen molar-refractivity contribution in [1.82, 2.24) is 13.9 Å². The minimum Gasteiger partial charge on any atom is -0.326 e. The van der Waals surface area contributed by atoms with Gasteiger partial charge >= 0.3 is 0 Å². The second kappa shape index (κ2) is 9.91. The van der Waals surface area contributed by atoms with E-state index in [2.05, 4.69) is 10.3 Å². The van der Waals surface area contributed by atoms with Crippen LogP contribution in [0.25, 0.3) is 10.9 Å². The summed E-state index contributed by atoms with van der Waals surface area (Å²) in [5, 5.41) is 3.41. The summed E-state index contributed by atoms with van der Waals surface area (Å²) in [7, 11) is -3.60. The molecule has 1 N–H and O–H groups in total. The Hall–Kier alpha value is -3.04. The number of aromatic nitrogens is 2. The molecule has 1 saturated heterocycles. The Kier molecular flexibility index (Phi) is 6.71. The number of fused-ring (bicyclic) bond motifs is 1. The number of hydrogen-bond donors (Lipinski definition) is 1. The van der Waals surface area contributed by atoms with E-state index in [0.29, 0.717) is 41.9 Å². The average Bonchev–Trinajstić information content (AvgIpc) is 3.70. The molecule has 0 radical (unpaired) electrons. The molecule has 2 heterocycles. The first-order valence-corrected chi connectivity index (χ1v) is 13.8. The molecule has 1 aromatic heterocycles. The molecule has 5 rings (SSSR count). The van der Waals surface area contributed by atoms with Crippen LogP contribution in [-0.4, -0.2) is 41.3 Å². The van der Waals surface area contributed by atoms with E-state index in [1.165, 1.54) is 6.07 Å². The zero-order valence-corrected chi connectivity index (χ0v) is 20.5. The minimum atomic E-state index is -3.60. The lowest BCUT2D eigenvalue weighted by Crippen LogP contribution is -2.32. The molecule has 35 heavy (non-hydrogen) atoms. The number of amides is 1. The number of para-hydroxylation sites is 1. The third kappa shape index (κ3) is 5.16. The van der Waals surface area contributed by atoms with Crippen LogP contribution in [0.1, 0.15) is 56.8 Å². The Balaban J connectivity index is 1.30. The summed E-state index contributed by atoms with van der Waals surface area (Å²) in [6, 6.07) is 13.9. The molecule has 0 bridgehead atoms. The molecule has 1 saturated carbocycles. The van der Waals surface area contributed by atoms with E-state index < -0.39 is 10.0 Å². The number of rotatable bonds is 7. The van der Waals surface area contributed by atoms with Crippen molar-refractivity contribution in [3.63, 3.8) is 0 Å². The van der Waals surface area contributed by atoms with Gasteiger partial charge in [-0.05, 0) is 56.0 Å². The van der Waals surface area contributed by atoms with Gasteiger partial charge in [-0.3, -0.25) is 14.2 Å². The van der Waals surface area contributed by atoms with Gasteiger partial charge in [0.2, 0.25) is 15.9 Å². The molecule has 1 aliphatic carbocycles. The van der Waals surface area contributed by atoms with Crippen molar-refractivity contribution in [3.05, 3.63) is 64.7 Å². The Morgan fingerprint density at radius 1 is 1.00 bits per heavy atom. The first kappa shape index (κ1) is 23.7. The number of anilines is 1. The quantitative estimate of drug-likeness (QED) is 0.537. The lowest BCUT2D eigenvalue weighted by atomic mass is 10.2. The average molecular weight is 495 g/mol. The summed E-state index contributed by atoms with van der Waals surface area (Å²) >= 11 is 0. The third-order valence-corrected chi connectivity index (χ3v) is 8.58. The fraction of sp³-hybridized carbons (Fsp3) is 0.423. The van der Waals surface area contributed by atoms with Gasteiger partial charge in [0, 0.05) is 37.7 Å². The molecule has 3 aromatic rings. The molecule has 1 amide bonds. The van der Waals surface area contributed by atoms with Gasteiger partial charge in [0.15, 0.2) is 0 Å². The van der Waals surface area contributed by atoms with Gasteiger partial charge in [-0.2, -0.15) is 4.31 Å². The summed E-state index contributed by atoms with van der Waals surface area (Å²) in [5.41, 5.74) is 1.02. The molecular formula is C26H30N4O4S. The predicted octanol–water partition coefficient (Wildman–Crippen LogP) is 3.87. The van der Waals surface area contributed by atoms with Crippen molar-refractivity contribution >= 4 is 32.5 Å². The highest BCUT2D eigenvalue weighted by atomic mass is 32.2. The second-order valence-electron chi connectivity index (χ2n) is 9.35. The van der Waals surface area contributed by atoms with Crippen LogP contribution in [0.2, 0.25) is 0 Å². The highest BCUT2D eigenvalue weighted by molar-refractivity contribution is 7.89. The van der Waals surface area contributed by atoms with E-state index in [0.717, 1.165) is 38.5 Å². The van der Waals surface area contributed by atoms with Crippen molar-refractivity contribution in [3.8, 4) is 0 Å². The number of aryl methyl sites for hydroxylation is 1. The molecule has 2 aromatic carbocycles. The highest BCUT2D eigenvalue weighted by Gasteiger charge is 2.28. The first-order chi connectivity index (χ1) is 16.9. The number of nitrogens with zero attached hydrogens (tertiary/aromatic N) is 3. The molecule has 2 aliphatic rings. The summed E-state index contributed by atoms with van der Waals surface area (Å²) < 4.78 is 29.5. The van der Waals surface area contributed by atoms with Crippen LogP contribution >= 0.6 is 0 Å². The van der Waals surface area contributed by atoms with Gasteiger partial charge in [-0.1, -0.05) is 31.0 Å². The Morgan fingerprint density at radius 3 is 2.49 bits per heavy atom. The number of benzene rings is 2. The van der Waals surface area contributed by atoms with Crippen molar-refractivity contribution in [2.24, 2.45) is 0 Å². The van der Waals surface area contributed by atoms with Gasteiger partial charge in [0.25, 0.3) is 5.56 Å². The molecular weight excluding hydrogens is 464 g/mol. The van der Waals surface area contributed by atoms with Crippen LogP contribution in [0, 0.1) is 0 Å². The SMILES string of the molecule is O=C(CCc1nc2ccccc2c(=O)n1C1CC1)Nc1cccc(S(=O)(=O)N2CCCCCC2)c1. The lowest BCUT2D eigenvalue weighted by molar-refractivity contribution is -0.116. The van der Waals surface area contributed by atoms with E-state index in [4.69, 9.17) is 0 Å². The number of nitrogens with one attached hydrogen (secondary N) is 1. The normalized spacial score (nSPS) is 17.3. The van der Waals surface area contributed by atoms with Crippen LogP contribution < -0.4 is 10.9 Å². The van der Waals surface area contributed by atoms with E-state index in [1.807, 2.05) is 18.2 Å². The zero-order valence-electron chi connectivity index (χ0n) is 19.7. The van der Waals surface area contributed by atoms with Crippen LogP contribution in [0.5, 0.6) is 0 Å². The van der Waals surface area contributed by atoms with Crippen LogP contribution in [0.3, 0.4) is 0 Å². The Morgan fingerprint density at radius 2 is 1.74 bits per heavy atom. The van der Waals surface area contributed by atoms with Gasteiger partial charge in [0.05, 0.1) is 15.8 Å². The van der Waals surface area contributed by atoms with Crippen LogP contribution in [-0.2, 0) is 21.2 Å². The maximum absolute atomic E-state index is 13.1. The van der Waals surface area contributed by atoms with Gasteiger partial charge in [-0.15, -0.1) is 0 Å². The summed E-state index contributed by atoms with van der Waals surface area (Å²) in [6.45, 7) is 1.06. The molecule has 2 fully saturated rings. The molecule has 184 valence electrons. The number of hydrogen-bond acceptors (Lipinski definition) is 5. The molecule has 0 spiro atoms. The topological polar surface area (TPSA) is 101 Å². The number of carbonyl (C=O) groups excluding carboxylic acids is 1. The third-order valence-electron chi connectivity index (χ3n) is 6.69. The monoisotopic (exact) mass is 494 g/mol. The van der Waals surface area contributed by atoms with Crippen molar-refractivity contribution in [2.75, 3.05) is 18.4 Å². The largest absolute Gasteiger partial charge is 0.326 e. The van der Waals surface area contributed by atoms with Crippen molar-refractivity contribution < 1.29 is 13.2 Å². The predicted molar refractivity (Wildman–Crippen MR) is 135 cm³/mol. The van der Waals surface area contributed by atoms with E-state index in [1.54, 1.807) is 33.1 Å².